The number of primary amides is 1. The van der Waals surface area contributed by atoms with E-state index in [4.69, 9.17) is 11.5 Å². The highest BCUT2D eigenvalue weighted by Gasteiger charge is 2.07. The first-order valence-corrected chi connectivity index (χ1v) is 4.00. The summed E-state index contributed by atoms with van der Waals surface area (Å²) in [5, 5.41) is 2.05. The molecule has 0 aliphatic rings. The number of thiol groups is 1. The van der Waals surface area contributed by atoms with Crippen molar-refractivity contribution in [3.63, 3.8) is 0 Å². The van der Waals surface area contributed by atoms with Gasteiger partial charge in [0.15, 0.2) is 0 Å². The molecule has 2 amide bonds. The molecule has 0 heterocycles. The van der Waals surface area contributed by atoms with Crippen molar-refractivity contribution in [1.29, 1.82) is 0 Å². The molecule has 1 atom stereocenters. The fraction of sp³-hybridized carbons (Fsp3) is 0.667. The van der Waals surface area contributed by atoms with Gasteiger partial charge in [0.25, 0.3) is 0 Å². The van der Waals surface area contributed by atoms with Gasteiger partial charge in [-0.1, -0.05) is 0 Å². The van der Waals surface area contributed by atoms with Crippen LogP contribution in [0, 0.1) is 0 Å². The van der Waals surface area contributed by atoms with E-state index in [0.29, 0.717) is 19.4 Å². The molecule has 12 heavy (non-hydrogen) atoms. The van der Waals surface area contributed by atoms with Crippen LogP contribution in [-0.2, 0) is 4.79 Å². The monoisotopic (exact) mass is 191 g/mol. The third-order valence-electron chi connectivity index (χ3n) is 1.31. The summed E-state index contributed by atoms with van der Waals surface area (Å²) < 4.78 is 0. The van der Waals surface area contributed by atoms with Crippen LogP contribution in [0.2, 0.25) is 0 Å². The van der Waals surface area contributed by atoms with E-state index in [1.54, 1.807) is 0 Å². The molecule has 70 valence electrons. The molecule has 0 unspecified atom stereocenters. The Bertz CT molecular complexity index is 174. The van der Waals surface area contributed by atoms with Gasteiger partial charge in [0.05, 0.1) is 6.04 Å². The van der Waals surface area contributed by atoms with E-state index in [-0.39, 0.29) is 5.12 Å². The van der Waals surface area contributed by atoms with Crippen LogP contribution in [0.15, 0.2) is 0 Å². The Morgan fingerprint density at radius 1 is 1.50 bits per heavy atom. The minimum absolute atomic E-state index is 0.339. The van der Waals surface area contributed by atoms with Crippen LogP contribution in [0.4, 0.5) is 4.79 Å². The van der Waals surface area contributed by atoms with Gasteiger partial charge in [-0.2, -0.15) is 0 Å². The highest BCUT2D eigenvalue weighted by atomic mass is 32.1. The Balaban J connectivity index is 3.31. The van der Waals surface area contributed by atoms with E-state index >= 15 is 0 Å². The lowest BCUT2D eigenvalue weighted by Crippen LogP contribution is -2.32. The first-order chi connectivity index (χ1) is 5.54. The van der Waals surface area contributed by atoms with Gasteiger partial charge in [0.1, 0.15) is 0 Å². The first-order valence-electron chi connectivity index (χ1n) is 3.55. The van der Waals surface area contributed by atoms with Crippen LogP contribution in [-0.4, -0.2) is 23.7 Å². The SMILES string of the molecule is NC(=O)NCCC[C@@H](N)C(=O)S. The number of amides is 2. The summed E-state index contributed by atoms with van der Waals surface area (Å²) in [5.41, 5.74) is 10.2. The number of hydrogen-bond donors (Lipinski definition) is 4. The maximum atomic E-state index is 10.5. The molecule has 0 saturated carbocycles. The molecule has 0 radical (unpaired) electrons. The molecule has 0 rings (SSSR count). The lowest BCUT2D eigenvalue weighted by Gasteiger charge is -2.06. The standard InChI is InChI=1S/C6H13N3O2S/c7-4(5(10)12)2-1-3-9-6(8)11/h4H,1-3,7H2,(H,10,12)(H3,8,9,11)/t4-/m1/s1. The minimum atomic E-state index is -0.569. The fourth-order valence-electron chi connectivity index (χ4n) is 0.657. The number of nitrogens with two attached hydrogens (primary N) is 2. The Hall–Kier alpha value is -0.750. The van der Waals surface area contributed by atoms with Gasteiger partial charge in [0, 0.05) is 6.54 Å². The molecular formula is C6H13N3O2S. The molecule has 0 fully saturated rings. The zero-order valence-corrected chi connectivity index (χ0v) is 7.51. The molecule has 0 aliphatic carbocycles. The molecule has 0 aromatic heterocycles. The van der Waals surface area contributed by atoms with Gasteiger partial charge in [-0.05, 0) is 12.8 Å². The summed E-state index contributed by atoms with van der Waals surface area (Å²) in [4.78, 5) is 20.7. The molecule has 0 aromatic carbocycles. The van der Waals surface area contributed by atoms with Crippen LogP contribution in [0.3, 0.4) is 0 Å². The van der Waals surface area contributed by atoms with Crippen molar-refractivity contribution in [3.8, 4) is 0 Å². The van der Waals surface area contributed by atoms with Crippen molar-refractivity contribution in [2.24, 2.45) is 11.5 Å². The van der Waals surface area contributed by atoms with E-state index in [9.17, 15) is 9.59 Å². The molecule has 0 aromatic rings. The predicted molar refractivity (Wildman–Crippen MR) is 48.8 cm³/mol. The average Bonchev–Trinajstić information content (AvgIpc) is 1.97. The van der Waals surface area contributed by atoms with Crippen LogP contribution in [0.1, 0.15) is 12.8 Å². The summed E-state index contributed by atoms with van der Waals surface area (Å²) in [7, 11) is 0. The van der Waals surface area contributed by atoms with Crippen LogP contribution < -0.4 is 16.8 Å². The Kier molecular flexibility index (Phi) is 5.48. The van der Waals surface area contributed by atoms with E-state index in [1.165, 1.54) is 0 Å². The number of rotatable bonds is 5. The third-order valence-corrected chi connectivity index (χ3v) is 1.64. The highest BCUT2D eigenvalue weighted by Crippen LogP contribution is 1.96. The number of carbonyl (C=O) groups excluding carboxylic acids is 2. The van der Waals surface area contributed by atoms with E-state index in [2.05, 4.69) is 17.9 Å². The second-order valence-electron chi connectivity index (χ2n) is 2.38. The number of carbonyl (C=O) groups is 2. The lowest BCUT2D eigenvalue weighted by atomic mass is 10.2. The number of hydrogen-bond acceptors (Lipinski definition) is 3. The van der Waals surface area contributed by atoms with Gasteiger partial charge >= 0.3 is 6.03 Å². The Morgan fingerprint density at radius 3 is 2.50 bits per heavy atom. The van der Waals surface area contributed by atoms with E-state index in [1.807, 2.05) is 0 Å². The van der Waals surface area contributed by atoms with Crippen molar-refractivity contribution >= 4 is 23.8 Å². The molecule has 0 bridgehead atoms. The molecule has 0 aliphatic heterocycles. The zero-order valence-electron chi connectivity index (χ0n) is 6.62. The summed E-state index contributed by atoms with van der Waals surface area (Å²) in [6.07, 6.45) is 1.12. The Labute approximate surface area is 76.3 Å². The number of urea groups is 1. The molecule has 5 nitrogen and oxygen atoms in total. The smallest absolute Gasteiger partial charge is 0.312 e. The summed E-state index contributed by atoms with van der Waals surface area (Å²) in [6, 6.07) is -1.12. The topological polar surface area (TPSA) is 98.2 Å². The maximum Gasteiger partial charge on any atom is 0.312 e. The van der Waals surface area contributed by atoms with E-state index in [0.717, 1.165) is 0 Å². The van der Waals surface area contributed by atoms with Gasteiger partial charge in [-0.25, -0.2) is 4.79 Å². The highest BCUT2D eigenvalue weighted by molar-refractivity contribution is 7.96. The average molecular weight is 191 g/mol. The van der Waals surface area contributed by atoms with Gasteiger partial charge in [0.2, 0.25) is 5.12 Å². The Morgan fingerprint density at radius 2 is 2.08 bits per heavy atom. The zero-order chi connectivity index (χ0) is 9.56. The predicted octanol–water partition coefficient (Wildman–Crippen LogP) is -0.781. The minimum Gasteiger partial charge on any atom is -0.352 e. The number of nitrogens with one attached hydrogen (secondary N) is 1. The maximum absolute atomic E-state index is 10.5. The summed E-state index contributed by atoms with van der Waals surface area (Å²) >= 11 is 3.56. The molecule has 0 spiro atoms. The van der Waals surface area contributed by atoms with E-state index < -0.39 is 12.1 Å². The largest absolute Gasteiger partial charge is 0.352 e. The quantitative estimate of drug-likeness (QED) is 0.339. The normalized spacial score (nSPS) is 12.2. The molecule has 6 heteroatoms. The van der Waals surface area contributed by atoms with Gasteiger partial charge in [-0.3, -0.25) is 4.79 Å². The van der Waals surface area contributed by atoms with Crippen LogP contribution >= 0.6 is 12.6 Å². The van der Waals surface area contributed by atoms with Crippen molar-refractivity contribution < 1.29 is 9.59 Å². The second kappa shape index (κ2) is 5.84. The summed E-state index contributed by atoms with van der Waals surface area (Å²) in [6.45, 7) is 0.435. The molecular weight excluding hydrogens is 178 g/mol. The molecule has 5 N–H and O–H groups in total. The second-order valence-corrected chi connectivity index (χ2v) is 2.82. The van der Waals surface area contributed by atoms with Crippen molar-refractivity contribution in [3.05, 3.63) is 0 Å². The van der Waals surface area contributed by atoms with Crippen LogP contribution in [0.5, 0.6) is 0 Å². The lowest BCUT2D eigenvalue weighted by molar-refractivity contribution is -0.112. The van der Waals surface area contributed by atoms with Crippen molar-refractivity contribution in [2.75, 3.05) is 6.54 Å². The van der Waals surface area contributed by atoms with Crippen molar-refractivity contribution in [1.82, 2.24) is 5.32 Å². The van der Waals surface area contributed by atoms with Gasteiger partial charge in [-0.15, -0.1) is 12.6 Å². The third kappa shape index (κ3) is 5.99. The first kappa shape index (κ1) is 11.2. The van der Waals surface area contributed by atoms with Crippen molar-refractivity contribution in [2.45, 2.75) is 18.9 Å². The van der Waals surface area contributed by atoms with Crippen LogP contribution in [0.25, 0.3) is 0 Å². The molecule has 0 saturated heterocycles. The fourth-order valence-corrected chi connectivity index (χ4v) is 0.786. The summed E-state index contributed by atoms with van der Waals surface area (Å²) in [5.74, 6) is 0. The van der Waals surface area contributed by atoms with Gasteiger partial charge < -0.3 is 16.8 Å².